The van der Waals surface area contributed by atoms with E-state index in [1.165, 1.54) is 24.3 Å². The lowest BCUT2D eigenvalue weighted by Gasteiger charge is -2.09. The summed E-state index contributed by atoms with van der Waals surface area (Å²) in [5.41, 5.74) is 6.44. The van der Waals surface area contributed by atoms with E-state index < -0.39 is 16.0 Å². The molecule has 2 rings (SSSR count). The molecule has 0 aliphatic rings. The van der Waals surface area contributed by atoms with Crippen LogP contribution in [0.2, 0.25) is 0 Å². The number of carbonyl (C=O) groups excluding carboxylic acids is 1. The van der Waals surface area contributed by atoms with E-state index in [0.29, 0.717) is 5.92 Å². The third-order valence-electron chi connectivity index (χ3n) is 3.18. The van der Waals surface area contributed by atoms with Crippen molar-refractivity contribution in [2.75, 3.05) is 0 Å². The molecule has 2 N–H and O–H groups in total. The minimum Gasteiger partial charge on any atom is -0.379 e. The van der Waals surface area contributed by atoms with E-state index in [2.05, 4.69) is 0 Å². The van der Waals surface area contributed by atoms with Crippen LogP contribution in [0.1, 0.15) is 35.7 Å². The summed E-state index contributed by atoms with van der Waals surface area (Å²) in [7, 11) is -3.94. The van der Waals surface area contributed by atoms with Crippen LogP contribution in [0.3, 0.4) is 0 Å². The zero-order valence-corrected chi connectivity index (χ0v) is 13.1. The maximum absolute atomic E-state index is 12.2. The first-order chi connectivity index (χ1) is 10.3. The fraction of sp³-hybridized carbons (Fsp3) is 0.188. The van der Waals surface area contributed by atoms with Crippen LogP contribution in [0.5, 0.6) is 5.75 Å². The highest BCUT2D eigenvalue weighted by Gasteiger charge is 2.17. The molecule has 2 aromatic rings. The number of carbonyl (C=O) groups is 1. The second-order valence-electron chi connectivity index (χ2n) is 5.15. The van der Waals surface area contributed by atoms with Gasteiger partial charge in [0, 0.05) is 5.56 Å². The van der Waals surface area contributed by atoms with Crippen LogP contribution in [0.4, 0.5) is 0 Å². The average molecular weight is 319 g/mol. The van der Waals surface area contributed by atoms with Crippen molar-refractivity contribution in [2.24, 2.45) is 5.73 Å². The SMILES string of the molecule is CC(C)c1ccc(OS(=O)(=O)c2ccc(C(N)=O)cc2)cc1. The first kappa shape index (κ1) is 16.0. The molecule has 5 nitrogen and oxygen atoms in total. The maximum atomic E-state index is 12.2. The summed E-state index contributed by atoms with van der Waals surface area (Å²) >= 11 is 0. The first-order valence-corrected chi connectivity index (χ1v) is 8.15. The van der Waals surface area contributed by atoms with Crippen molar-refractivity contribution in [3.63, 3.8) is 0 Å². The lowest BCUT2D eigenvalue weighted by Crippen LogP contribution is -2.13. The highest BCUT2D eigenvalue weighted by atomic mass is 32.2. The smallest absolute Gasteiger partial charge is 0.339 e. The number of rotatable bonds is 5. The first-order valence-electron chi connectivity index (χ1n) is 6.74. The van der Waals surface area contributed by atoms with Crippen LogP contribution in [0.25, 0.3) is 0 Å². The topological polar surface area (TPSA) is 86.5 Å². The van der Waals surface area contributed by atoms with E-state index in [1.807, 2.05) is 26.0 Å². The van der Waals surface area contributed by atoms with Crippen molar-refractivity contribution in [1.29, 1.82) is 0 Å². The summed E-state index contributed by atoms with van der Waals surface area (Å²) in [5.74, 6) is -0.0236. The fourth-order valence-corrected chi connectivity index (χ4v) is 2.80. The summed E-state index contributed by atoms with van der Waals surface area (Å²) in [6.45, 7) is 4.10. The second-order valence-corrected chi connectivity index (χ2v) is 6.70. The molecule has 0 unspecified atom stereocenters. The Labute approximate surface area is 129 Å². The molecule has 0 aliphatic heterocycles. The molecule has 0 fully saturated rings. The van der Waals surface area contributed by atoms with Gasteiger partial charge < -0.3 is 9.92 Å². The quantitative estimate of drug-likeness (QED) is 0.858. The minimum absolute atomic E-state index is 0.0366. The van der Waals surface area contributed by atoms with Crippen molar-refractivity contribution in [2.45, 2.75) is 24.7 Å². The molecule has 2 aromatic carbocycles. The standard InChI is InChI=1S/C16H17NO4S/c1-11(2)12-3-7-14(8-4-12)21-22(19,20)15-9-5-13(6-10-15)16(17)18/h3-11H,1-2H3,(H2,17,18). The van der Waals surface area contributed by atoms with E-state index >= 15 is 0 Å². The summed E-state index contributed by atoms with van der Waals surface area (Å²) < 4.78 is 29.4. The largest absolute Gasteiger partial charge is 0.379 e. The Morgan fingerprint density at radius 2 is 1.55 bits per heavy atom. The van der Waals surface area contributed by atoms with Crippen molar-refractivity contribution in [1.82, 2.24) is 0 Å². The fourth-order valence-electron chi connectivity index (χ4n) is 1.87. The van der Waals surface area contributed by atoms with E-state index in [9.17, 15) is 13.2 Å². The predicted octanol–water partition coefficient (Wildman–Crippen LogP) is 2.68. The molecule has 22 heavy (non-hydrogen) atoms. The molecular formula is C16H17NO4S. The van der Waals surface area contributed by atoms with Gasteiger partial charge in [0.1, 0.15) is 10.6 Å². The Hall–Kier alpha value is -2.34. The minimum atomic E-state index is -3.94. The summed E-state index contributed by atoms with van der Waals surface area (Å²) in [4.78, 5) is 10.9. The summed E-state index contributed by atoms with van der Waals surface area (Å²) in [6.07, 6.45) is 0. The van der Waals surface area contributed by atoms with Crippen LogP contribution in [0.15, 0.2) is 53.4 Å². The van der Waals surface area contributed by atoms with Gasteiger partial charge >= 0.3 is 10.1 Å². The Balaban J connectivity index is 2.21. The van der Waals surface area contributed by atoms with Crippen molar-refractivity contribution in [3.05, 3.63) is 59.7 Å². The van der Waals surface area contributed by atoms with Crippen LogP contribution < -0.4 is 9.92 Å². The predicted molar refractivity (Wildman–Crippen MR) is 83.3 cm³/mol. The average Bonchev–Trinajstić information content (AvgIpc) is 2.47. The van der Waals surface area contributed by atoms with Crippen molar-refractivity contribution in [3.8, 4) is 5.75 Å². The zero-order valence-electron chi connectivity index (χ0n) is 12.3. The molecule has 0 aliphatic carbocycles. The Bertz CT molecular complexity index is 763. The molecule has 0 saturated heterocycles. The van der Waals surface area contributed by atoms with Crippen LogP contribution in [-0.4, -0.2) is 14.3 Å². The summed E-state index contributed by atoms with van der Waals surface area (Å²) in [6, 6.07) is 12.2. The van der Waals surface area contributed by atoms with E-state index in [1.54, 1.807) is 12.1 Å². The van der Waals surface area contributed by atoms with Gasteiger partial charge in [-0.05, 0) is 47.9 Å². The lowest BCUT2D eigenvalue weighted by atomic mass is 10.0. The Morgan fingerprint density at radius 1 is 1.00 bits per heavy atom. The molecule has 1 amide bonds. The molecule has 0 bridgehead atoms. The molecular weight excluding hydrogens is 302 g/mol. The maximum Gasteiger partial charge on any atom is 0.339 e. The number of hydrogen-bond acceptors (Lipinski definition) is 4. The highest BCUT2D eigenvalue weighted by molar-refractivity contribution is 7.87. The zero-order chi connectivity index (χ0) is 16.3. The molecule has 6 heteroatoms. The van der Waals surface area contributed by atoms with Gasteiger partial charge in [-0.15, -0.1) is 0 Å². The molecule has 0 spiro atoms. The number of amides is 1. The van der Waals surface area contributed by atoms with E-state index in [4.69, 9.17) is 9.92 Å². The number of primary amides is 1. The molecule has 0 atom stereocenters. The Kier molecular flexibility index (Phi) is 4.51. The van der Waals surface area contributed by atoms with Crippen LogP contribution >= 0.6 is 0 Å². The summed E-state index contributed by atoms with van der Waals surface area (Å²) in [5, 5.41) is 0. The van der Waals surface area contributed by atoms with Gasteiger partial charge in [0.15, 0.2) is 0 Å². The molecule has 0 saturated carbocycles. The van der Waals surface area contributed by atoms with Crippen molar-refractivity contribution >= 4 is 16.0 Å². The normalized spacial score (nSPS) is 11.4. The van der Waals surface area contributed by atoms with Gasteiger partial charge in [-0.1, -0.05) is 26.0 Å². The number of hydrogen-bond donors (Lipinski definition) is 1. The monoisotopic (exact) mass is 319 g/mol. The van der Waals surface area contributed by atoms with Crippen molar-refractivity contribution < 1.29 is 17.4 Å². The van der Waals surface area contributed by atoms with Gasteiger partial charge in [0.2, 0.25) is 5.91 Å². The van der Waals surface area contributed by atoms with Gasteiger partial charge in [-0.25, -0.2) is 0 Å². The van der Waals surface area contributed by atoms with Gasteiger partial charge in [0.25, 0.3) is 0 Å². The Morgan fingerprint density at radius 3 is 2.00 bits per heavy atom. The number of nitrogens with two attached hydrogens (primary N) is 1. The third kappa shape index (κ3) is 3.65. The molecule has 116 valence electrons. The van der Waals surface area contributed by atoms with E-state index in [-0.39, 0.29) is 16.2 Å². The highest BCUT2D eigenvalue weighted by Crippen LogP contribution is 2.22. The molecule has 0 aromatic heterocycles. The van der Waals surface area contributed by atoms with Gasteiger partial charge in [-0.3, -0.25) is 4.79 Å². The molecule has 0 heterocycles. The van der Waals surface area contributed by atoms with Crippen LogP contribution in [-0.2, 0) is 10.1 Å². The van der Waals surface area contributed by atoms with Gasteiger partial charge in [-0.2, -0.15) is 8.42 Å². The van der Waals surface area contributed by atoms with Crippen LogP contribution in [0, 0.1) is 0 Å². The van der Waals surface area contributed by atoms with Gasteiger partial charge in [0.05, 0.1) is 0 Å². The lowest BCUT2D eigenvalue weighted by molar-refractivity contribution is 0.1000. The third-order valence-corrected chi connectivity index (χ3v) is 4.44. The second kappa shape index (κ2) is 6.19. The van der Waals surface area contributed by atoms with E-state index in [0.717, 1.165) is 5.56 Å². The molecule has 0 radical (unpaired) electrons. The number of benzene rings is 2.